The summed E-state index contributed by atoms with van der Waals surface area (Å²) in [5.74, 6) is 1.41. The lowest BCUT2D eigenvalue weighted by Crippen LogP contribution is -2.39. The van der Waals surface area contributed by atoms with Gasteiger partial charge in [-0.2, -0.15) is 0 Å². The molecule has 2 aliphatic rings. The van der Waals surface area contributed by atoms with Gasteiger partial charge in [0.15, 0.2) is 5.78 Å². The summed E-state index contributed by atoms with van der Waals surface area (Å²) in [6.45, 7) is 3.32. The van der Waals surface area contributed by atoms with Gasteiger partial charge in [-0.1, -0.05) is 18.2 Å². The molecule has 1 heterocycles. The first kappa shape index (κ1) is 15.6. The van der Waals surface area contributed by atoms with Gasteiger partial charge in [-0.05, 0) is 67.1 Å². The zero-order valence-corrected chi connectivity index (χ0v) is 14.4. The summed E-state index contributed by atoms with van der Waals surface area (Å²) >= 11 is 0. The maximum Gasteiger partial charge on any atom is 0.167 e. The Morgan fingerprint density at radius 1 is 1.12 bits per heavy atom. The molecule has 0 spiro atoms. The van der Waals surface area contributed by atoms with Crippen molar-refractivity contribution >= 4 is 22.2 Å². The highest BCUT2D eigenvalue weighted by atomic mass is 16.1. The van der Waals surface area contributed by atoms with E-state index in [1.54, 1.807) is 0 Å². The summed E-state index contributed by atoms with van der Waals surface area (Å²) in [4.78, 5) is 15.5. The van der Waals surface area contributed by atoms with Crippen LogP contribution in [0.25, 0.3) is 10.8 Å². The predicted molar refractivity (Wildman–Crippen MR) is 99.7 cm³/mol. The van der Waals surface area contributed by atoms with Crippen LogP contribution in [0, 0.1) is 11.8 Å². The van der Waals surface area contributed by atoms with E-state index in [1.807, 2.05) is 13.1 Å². The SMILES string of the molecule is CNc1ccc2cc(C(=O)C3CCCN(CC4CC4)C3)ccc2c1. The average Bonchev–Trinajstić information content (AvgIpc) is 3.44. The van der Waals surface area contributed by atoms with Gasteiger partial charge in [-0.3, -0.25) is 4.79 Å². The van der Waals surface area contributed by atoms with Gasteiger partial charge in [-0.15, -0.1) is 0 Å². The monoisotopic (exact) mass is 322 g/mol. The number of ketones is 1. The van der Waals surface area contributed by atoms with Gasteiger partial charge in [0.25, 0.3) is 0 Å². The van der Waals surface area contributed by atoms with Gasteiger partial charge in [0, 0.05) is 37.3 Å². The number of carbonyl (C=O) groups is 1. The molecule has 0 amide bonds. The van der Waals surface area contributed by atoms with Gasteiger partial charge in [0.2, 0.25) is 0 Å². The van der Waals surface area contributed by atoms with E-state index >= 15 is 0 Å². The first-order valence-corrected chi connectivity index (χ1v) is 9.21. The number of anilines is 1. The zero-order chi connectivity index (χ0) is 16.5. The van der Waals surface area contributed by atoms with Gasteiger partial charge in [-0.25, -0.2) is 0 Å². The molecule has 2 aromatic carbocycles. The summed E-state index contributed by atoms with van der Waals surface area (Å²) in [7, 11) is 1.93. The lowest BCUT2D eigenvalue weighted by atomic mass is 9.89. The van der Waals surface area contributed by atoms with E-state index in [2.05, 4.69) is 40.5 Å². The average molecular weight is 322 g/mol. The van der Waals surface area contributed by atoms with Crippen molar-refractivity contribution in [3.05, 3.63) is 42.0 Å². The third-order valence-corrected chi connectivity index (χ3v) is 5.50. The standard InChI is InChI=1S/C21H26N2O/c1-22-20-9-8-16-11-18(7-6-17(16)12-20)21(24)19-3-2-10-23(14-19)13-15-4-5-15/h6-9,11-12,15,19,22H,2-5,10,13-14H2,1H3. The van der Waals surface area contributed by atoms with Gasteiger partial charge in [0.05, 0.1) is 0 Å². The third-order valence-electron chi connectivity index (χ3n) is 5.50. The van der Waals surface area contributed by atoms with E-state index < -0.39 is 0 Å². The van der Waals surface area contributed by atoms with Gasteiger partial charge >= 0.3 is 0 Å². The number of Topliss-reactive ketones (excluding diaryl/α,β-unsaturated/α-hetero) is 1. The lowest BCUT2D eigenvalue weighted by Gasteiger charge is -2.32. The predicted octanol–water partition coefficient (Wildman–Crippen LogP) is 4.19. The quantitative estimate of drug-likeness (QED) is 0.838. The second-order valence-electron chi connectivity index (χ2n) is 7.43. The molecule has 0 bridgehead atoms. The number of likely N-dealkylation sites (tertiary alicyclic amines) is 1. The maximum absolute atomic E-state index is 13.0. The van der Waals surface area contributed by atoms with E-state index in [9.17, 15) is 4.79 Å². The van der Waals surface area contributed by atoms with Crippen molar-refractivity contribution in [1.29, 1.82) is 0 Å². The molecule has 1 atom stereocenters. The molecule has 1 aliphatic heterocycles. The topological polar surface area (TPSA) is 32.3 Å². The Hall–Kier alpha value is -1.87. The minimum atomic E-state index is 0.173. The minimum absolute atomic E-state index is 0.173. The number of fused-ring (bicyclic) bond motifs is 1. The number of nitrogens with zero attached hydrogens (tertiary/aromatic N) is 1. The van der Waals surface area contributed by atoms with E-state index in [0.717, 1.165) is 41.9 Å². The second-order valence-corrected chi connectivity index (χ2v) is 7.43. The molecule has 1 saturated heterocycles. The smallest absolute Gasteiger partial charge is 0.167 e. The molecule has 3 nitrogen and oxygen atoms in total. The molecule has 1 N–H and O–H groups in total. The highest BCUT2D eigenvalue weighted by Gasteiger charge is 2.30. The number of hydrogen-bond donors (Lipinski definition) is 1. The van der Waals surface area contributed by atoms with Gasteiger partial charge < -0.3 is 10.2 Å². The molecule has 24 heavy (non-hydrogen) atoms. The number of piperidine rings is 1. The fraction of sp³-hybridized carbons (Fsp3) is 0.476. The molecule has 1 aliphatic carbocycles. The van der Waals surface area contributed by atoms with E-state index in [1.165, 1.54) is 31.3 Å². The molecule has 3 heteroatoms. The summed E-state index contributed by atoms with van der Waals surface area (Å²) in [5.41, 5.74) is 1.97. The van der Waals surface area contributed by atoms with Crippen LogP contribution in [0.15, 0.2) is 36.4 Å². The second kappa shape index (κ2) is 6.56. The Labute approximate surface area is 144 Å². The summed E-state index contributed by atoms with van der Waals surface area (Å²) in [6, 6.07) is 12.4. The van der Waals surface area contributed by atoms with Crippen molar-refractivity contribution in [3.8, 4) is 0 Å². The normalized spacial score (nSPS) is 21.8. The van der Waals surface area contributed by atoms with Crippen LogP contribution in [-0.4, -0.2) is 37.4 Å². The van der Waals surface area contributed by atoms with E-state index in [-0.39, 0.29) is 5.92 Å². The van der Waals surface area contributed by atoms with Crippen molar-refractivity contribution < 1.29 is 4.79 Å². The number of benzene rings is 2. The number of carbonyl (C=O) groups excluding carboxylic acids is 1. The molecule has 2 aromatic rings. The minimum Gasteiger partial charge on any atom is -0.388 e. The highest BCUT2D eigenvalue weighted by Crippen LogP contribution is 2.32. The van der Waals surface area contributed by atoms with Crippen molar-refractivity contribution in [1.82, 2.24) is 4.90 Å². The summed E-state index contributed by atoms with van der Waals surface area (Å²) in [6.07, 6.45) is 4.96. The Balaban J connectivity index is 1.51. The molecule has 0 aromatic heterocycles. The Morgan fingerprint density at radius 3 is 2.71 bits per heavy atom. The number of rotatable bonds is 5. The third kappa shape index (κ3) is 3.32. The van der Waals surface area contributed by atoms with Crippen LogP contribution in [0.3, 0.4) is 0 Å². The van der Waals surface area contributed by atoms with Crippen molar-refractivity contribution in [2.75, 3.05) is 32.0 Å². The number of hydrogen-bond acceptors (Lipinski definition) is 3. The van der Waals surface area contributed by atoms with E-state index in [4.69, 9.17) is 0 Å². The largest absolute Gasteiger partial charge is 0.388 e. The van der Waals surface area contributed by atoms with E-state index in [0.29, 0.717) is 5.78 Å². The Morgan fingerprint density at radius 2 is 1.92 bits per heavy atom. The molecule has 1 saturated carbocycles. The Kier molecular flexibility index (Phi) is 4.28. The van der Waals surface area contributed by atoms with Crippen LogP contribution in [0.1, 0.15) is 36.0 Å². The van der Waals surface area contributed by atoms with Crippen LogP contribution in [0.4, 0.5) is 5.69 Å². The molecule has 126 valence electrons. The summed E-state index contributed by atoms with van der Waals surface area (Å²) in [5, 5.41) is 5.48. The van der Waals surface area contributed by atoms with Crippen LogP contribution in [0.5, 0.6) is 0 Å². The van der Waals surface area contributed by atoms with Crippen molar-refractivity contribution in [2.45, 2.75) is 25.7 Å². The highest BCUT2D eigenvalue weighted by molar-refractivity contribution is 6.01. The first-order valence-electron chi connectivity index (χ1n) is 9.21. The van der Waals surface area contributed by atoms with Gasteiger partial charge in [0.1, 0.15) is 0 Å². The van der Waals surface area contributed by atoms with Crippen LogP contribution >= 0.6 is 0 Å². The molecular weight excluding hydrogens is 296 g/mol. The molecule has 4 rings (SSSR count). The van der Waals surface area contributed by atoms with Crippen LogP contribution in [-0.2, 0) is 0 Å². The van der Waals surface area contributed by atoms with Crippen LogP contribution in [0.2, 0.25) is 0 Å². The number of nitrogens with one attached hydrogen (secondary N) is 1. The molecule has 0 radical (unpaired) electrons. The molecule has 1 unspecified atom stereocenters. The fourth-order valence-corrected chi connectivity index (χ4v) is 3.89. The fourth-order valence-electron chi connectivity index (χ4n) is 3.89. The van der Waals surface area contributed by atoms with Crippen molar-refractivity contribution in [3.63, 3.8) is 0 Å². The Bertz CT molecular complexity index is 751. The maximum atomic E-state index is 13.0. The molecule has 2 fully saturated rings. The van der Waals surface area contributed by atoms with Crippen molar-refractivity contribution in [2.24, 2.45) is 11.8 Å². The van der Waals surface area contributed by atoms with Crippen LogP contribution < -0.4 is 5.32 Å². The molecular formula is C21H26N2O. The lowest BCUT2D eigenvalue weighted by molar-refractivity contribution is 0.0815. The zero-order valence-electron chi connectivity index (χ0n) is 14.4. The first-order chi connectivity index (χ1) is 11.7. The summed E-state index contributed by atoms with van der Waals surface area (Å²) < 4.78 is 0.